The molecule has 158 valence electrons. The molecule has 2 heterocycles. The molecule has 0 saturated heterocycles. The van der Waals surface area contributed by atoms with Gasteiger partial charge in [0.1, 0.15) is 22.9 Å². The molecule has 0 spiro atoms. The van der Waals surface area contributed by atoms with E-state index in [1.54, 1.807) is 24.3 Å². The molecule has 0 saturated carbocycles. The number of anilines is 1. The summed E-state index contributed by atoms with van der Waals surface area (Å²) in [6.07, 6.45) is -1.77. The van der Waals surface area contributed by atoms with Gasteiger partial charge < -0.3 is 10.4 Å². The summed E-state index contributed by atoms with van der Waals surface area (Å²) in [4.78, 5) is 8.26. The number of rotatable bonds is 4. The van der Waals surface area contributed by atoms with Crippen LogP contribution in [0.2, 0.25) is 5.02 Å². The van der Waals surface area contributed by atoms with Crippen LogP contribution in [0.15, 0.2) is 67.0 Å². The first-order valence-electron chi connectivity index (χ1n) is 9.05. The molecule has 0 aliphatic carbocycles. The second-order valence-electron chi connectivity index (χ2n) is 6.75. The second kappa shape index (κ2) is 8.03. The molecular weight excluding hydrogens is 434 g/mol. The van der Waals surface area contributed by atoms with Crippen LogP contribution in [0.1, 0.15) is 22.7 Å². The Bertz CT molecular complexity index is 1260. The minimum absolute atomic E-state index is 0.111. The number of aromatic nitrogens is 2. The van der Waals surface area contributed by atoms with E-state index in [0.717, 1.165) is 12.1 Å². The van der Waals surface area contributed by atoms with Gasteiger partial charge >= 0.3 is 6.18 Å². The number of phenolic OH excluding ortho intramolecular Hbond substituents is 1. The number of pyridine rings is 2. The molecule has 4 aromatic rings. The van der Waals surface area contributed by atoms with Gasteiger partial charge in [0.25, 0.3) is 0 Å². The van der Waals surface area contributed by atoms with E-state index >= 15 is 0 Å². The standard InChI is InChI=1S/C22H14ClF4N3O/c23-14-7-9-28-18(11-14)30-20(15-6-4-13(10-17(15)24)22(25,26)27)16-5-3-12-2-1-8-29-19(12)21(16)31/h1-11,20,31H,(H,28,30). The summed E-state index contributed by atoms with van der Waals surface area (Å²) in [6.45, 7) is 0. The monoisotopic (exact) mass is 447 g/mol. The van der Waals surface area contributed by atoms with Crippen molar-refractivity contribution in [1.29, 1.82) is 0 Å². The lowest BCUT2D eigenvalue weighted by molar-refractivity contribution is -0.137. The Morgan fingerprint density at radius 1 is 0.935 bits per heavy atom. The van der Waals surface area contributed by atoms with E-state index in [1.165, 1.54) is 24.5 Å². The van der Waals surface area contributed by atoms with Crippen LogP contribution in [0.25, 0.3) is 10.9 Å². The van der Waals surface area contributed by atoms with E-state index in [2.05, 4.69) is 15.3 Å². The van der Waals surface area contributed by atoms with Gasteiger partial charge in [-0.3, -0.25) is 4.98 Å². The number of hydrogen-bond donors (Lipinski definition) is 2. The predicted molar refractivity (Wildman–Crippen MR) is 110 cm³/mol. The van der Waals surface area contributed by atoms with Crippen LogP contribution in [0.3, 0.4) is 0 Å². The van der Waals surface area contributed by atoms with Gasteiger partial charge in [0.05, 0.1) is 11.6 Å². The van der Waals surface area contributed by atoms with E-state index < -0.39 is 23.6 Å². The van der Waals surface area contributed by atoms with Crippen molar-refractivity contribution >= 4 is 28.3 Å². The third-order valence-electron chi connectivity index (χ3n) is 4.74. The average molecular weight is 448 g/mol. The van der Waals surface area contributed by atoms with E-state index in [0.29, 0.717) is 16.5 Å². The van der Waals surface area contributed by atoms with Crippen molar-refractivity contribution in [2.75, 3.05) is 5.32 Å². The topological polar surface area (TPSA) is 58.0 Å². The number of nitrogens with zero attached hydrogens (tertiary/aromatic N) is 2. The van der Waals surface area contributed by atoms with Gasteiger partial charge in [-0.25, -0.2) is 9.37 Å². The first-order valence-corrected chi connectivity index (χ1v) is 9.43. The van der Waals surface area contributed by atoms with Crippen molar-refractivity contribution in [3.05, 3.63) is 94.5 Å². The summed E-state index contributed by atoms with van der Waals surface area (Å²) in [5.74, 6) is -1.07. The summed E-state index contributed by atoms with van der Waals surface area (Å²) in [7, 11) is 0. The van der Waals surface area contributed by atoms with E-state index in [1.807, 2.05) is 0 Å². The van der Waals surface area contributed by atoms with Crippen LogP contribution >= 0.6 is 11.6 Å². The molecule has 0 radical (unpaired) electrons. The van der Waals surface area contributed by atoms with Crippen molar-refractivity contribution in [3.63, 3.8) is 0 Å². The highest BCUT2D eigenvalue weighted by Crippen LogP contribution is 2.38. The maximum Gasteiger partial charge on any atom is 0.416 e. The average Bonchev–Trinajstić information content (AvgIpc) is 2.72. The Balaban J connectivity index is 1.87. The molecule has 1 atom stereocenters. The van der Waals surface area contributed by atoms with Gasteiger partial charge in [-0.05, 0) is 30.3 Å². The smallest absolute Gasteiger partial charge is 0.416 e. The summed E-state index contributed by atoms with van der Waals surface area (Å²) < 4.78 is 53.9. The Labute approximate surface area is 179 Å². The highest BCUT2D eigenvalue weighted by molar-refractivity contribution is 6.30. The zero-order chi connectivity index (χ0) is 22.2. The lowest BCUT2D eigenvalue weighted by atomic mass is 9.95. The molecule has 2 aromatic heterocycles. The lowest BCUT2D eigenvalue weighted by Gasteiger charge is -2.23. The van der Waals surface area contributed by atoms with Gasteiger partial charge in [-0.1, -0.05) is 35.9 Å². The highest BCUT2D eigenvalue weighted by atomic mass is 35.5. The molecule has 4 rings (SSSR count). The number of nitrogens with one attached hydrogen (secondary N) is 1. The Morgan fingerprint density at radius 3 is 2.42 bits per heavy atom. The zero-order valence-electron chi connectivity index (χ0n) is 15.7. The first-order chi connectivity index (χ1) is 14.7. The van der Waals surface area contributed by atoms with Crippen LogP contribution in [0, 0.1) is 5.82 Å². The minimum atomic E-state index is -4.69. The van der Waals surface area contributed by atoms with Crippen LogP contribution < -0.4 is 5.32 Å². The largest absolute Gasteiger partial charge is 0.505 e. The summed E-state index contributed by atoms with van der Waals surface area (Å²) in [5, 5.41) is 14.8. The molecule has 0 aliphatic heterocycles. The van der Waals surface area contributed by atoms with E-state index in [4.69, 9.17) is 11.6 Å². The first kappa shape index (κ1) is 20.9. The maximum absolute atomic E-state index is 14.9. The Morgan fingerprint density at radius 2 is 1.71 bits per heavy atom. The van der Waals surface area contributed by atoms with Crippen LogP contribution in [0.5, 0.6) is 5.75 Å². The second-order valence-corrected chi connectivity index (χ2v) is 7.19. The maximum atomic E-state index is 14.9. The molecule has 31 heavy (non-hydrogen) atoms. The third kappa shape index (κ3) is 4.25. The Hall–Kier alpha value is -3.39. The molecule has 0 aliphatic rings. The van der Waals surface area contributed by atoms with Gasteiger partial charge in [0.2, 0.25) is 0 Å². The van der Waals surface area contributed by atoms with Crippen molar-refractivity contribution in [1.82, 2.24) is 9.97 Å². The van der Waals surface area contributed by atoms with E-state index in [-0.39, 0.29) is 28.2 Å². The van der Waals surface area contributed by atoms with Crippen LogP contribution in [0.4, 0.5) is 23.4 Å². The predicted octanol–water partition coefficient (Wildman–Crippen LogP) is 6.35. The number of halogens is 5. The number of phenols is 1. The fourth-order valence-electron chi connectivity index (χ4n) is 3.27. The third-order valence-corrected chi connectivity index (χ3v) is 4.98. The number of alkyl halides is 3. The molecule has 0 amide bonds. The van der Waals surface area contributed by atoms with Crippen LogP contribution in [-0.2, 0) is 6.18 Å². The van der Waals surface area contributed by atoms with Gasteiger partial charge in [-0.2, -0.15) is 13.2 Å². The van der Waals surface area contributed by atoms with E-state index in [9.17, 15) is 22.7 Å². The number of benzene rings is 2. The molecule has 1 unspecified atom stereocenters. The highest BCUT2D eigenvalue weighted by Gasteiger charge is 2.32. The zero-order valence-corrected chi connectivity index (χ0v) is 16.4. The summed E-state index contributed by atoms with van der Waals surface area (Å²) in [5.41, 5.74) is -0.733. The molecule has 2 N–H and O–H groups in total. The number of hydrogen-bond acceptors (Lipinski definition) is 4. The van der Waals surface area contributed by atoms with Gasteiger partial charge in [0, 0.05) is 33.9 Å². The molecule has 2 aromatic carbocycles. The van der Waals surface area contributed by atoms with Crippen molar-refractivity contribution < 1.29 is 22.7 Å². The van der Waals surface area contributed by atoms with Gasteiger partial charge in [-0.15, -0.1) is 0 Å². The summed E-state index contributed by atoms with van der Waals surface area (Å²) in [6, 6.07) is 10.9. The molecule has 0 fully saturated rings. The lowest BCUT2D eigenvalue weighted by Crippen LogP contribution is -2.16. The molecule has 9 heteroatoms. The molecular formula is C22H14ClF4N3O. The fraction of sp³-hybridized carbons (Fsp3) is 0.0909. The van der Waals surface area contributed by atoms with Crippen LogP contribution in [-0.4, -0.2) is 15.1 Å². The normalized spacial score (nSPS) is 12.7. The molecule has 0 bridgehead atoms. The van der Waals surface area contributed by atoms with Gasteiger partial charge in [0.15, 0.2) is 0 Å². The minimum Gasteiger partial charge on any atom is -0.505 e. The number of fused-ring (bicyclic) bond motifs is 1. The fourth-order valence-corrected chi connectivity index (χ4v) is 3.43. The SMILES string of the molecule is Oc1c(C(Nc2cc(Cl)ccn2)c2ccc(C(F)(F)F)cc2F)ccc2cccnc12. The summed E-state index contributed by atoms with van der Waals surface area (Å²) >= 11 is 5.99. The van der Waals surface area contributed by atoms with Crippen molar-refractivity contribution in [2.24, 2.45) is 0 Å². The quantitative estimate of drug-likeness (QED) is 0.358. The van der Waals surface area contributed by atoms with Crippen molar-refractivity contribution in [2.45, 2.75) is 12.2 Å². The number of aromatic hydroxyl groups is 1. The van der Waals surface area contributed by atoms with Crippen molar-refractivity contribution in [3.8, 4) is 5.75 Å². The molecule has 4 nitrogen and oxygen atoms in total. The Kier molecular flexibility index (Phi) is 5.41.